The van der Waals surface area contributed by atoms with E-state index in [1.165, 1.54) is 0 Å². The smallest absolute Gasteiger partial charge is 0.201 e. The van der Waals surface area contributed by atoms with Gasteiger partial charge in [0.15, 0.2) is 5.82 Å². The van der Waals surface area contributed by atoms with Crippen molar-refractivity contribution in [2.24, 2.45) is 0 Å². The predicted molar refractivity (Wildman–Crippen MR) is 66.7 cm³/mol. The Morgan fingerprint density at radius 1 is 1.39 bits per heavy atom. The fourth-order valence-corrected chi connectivity index (χ4v) is 1.97. The lowest BCUT2D eigenvalue weighted by molar-refractivity contribution is 0.663. The van der Waals surface area contributed by atoms with Gasteiger partial charge in [0.05, 0.1) is 18.3 Å². The monoisotopic (exact) mass is 243 g/mol. The Morgan fingerprint density at radius 3 is 3.11 bits per heavy atom. The first-order chi connectivity index (χ1) is 8.79. The summed E-state index contributed by atoms with van der Waals surface area (Å²) in [6.07, 6.45) is 5.14. The quantitative estimate of drug-likeness (QED) is 0.730. The van der Waals surface area contributed by atoms with Crippen LogP contribution in [0.5, 0.6) is 0 Å². The second-order valence-electron chi connectivity index (χ2n) is 3.95. The van der Waals surface area contributed by atoms with E-state index in [1.54, 1.807) is 18.7 Å². The number of pyridine rings is 1. The first kappa shape index (κ1) is 10.7. The summed E-state index contributed by atoms with van der Waals surface area (Å²) in [5.41, 5.74) is 7.67. The molecule has 0 aliphatic rings. The van der Waals surface area contributed by atoms with Crippen LogP contribution in [0.15, 0.2) is 24.8 Å². The molecule has 0 saturated carbocycles. The standard InChI is InChI=1S/C11H13N7/c1-2-17-7-14-16-10(17)6-18-9-3-4-13-5-8(9)15-11(18)12/h3-5,7H,2,6H2,1H3,(H2,12,15). The van der Waals surface area contributed by atoms with Crippen molar-refractivity contribution < 1.29 is 0 Å². The fraction of sp³-hybridized carbons (Fsp3) is 0.273. The molecule has 0 aliphatic heterocycles. The average Bonchev–Trinajstić information content (AvgIpc) is 2.95. The van der Waals surface area contributed by atoms with Gasteiger partial charge in [-0.25, -0.2) is 4.98 Å². The van der Waals surface area contributed by atoms with E-state index in [1.807, 2.05) is 22.1 Å². The minimum atomic E-state index is 0.462. The molecule has 3 heterocycles. The Morgan fingerprint density at radius 2 is 2.28 bits per heavy atom. The topological polar surface area (TPSA) is 87.4 Å². The van der Waals surface area contributed by atoms with Gasteiger partial charge in [0.25, 0.3) is 0 Å². The van der Waals surface area contributed by atoms with Gasteiger partial charge < -0.3 is 14.9 Å². The molecule has 0 aliphatic carbocycles. The first-order valence-corrected chi connectivity index (χ1v) is 5.72. The molecule has 0 fully saturated rings. The Labute approximate surface area is 103 Å². The maximum atomic E-state index is 5.93. The molecule has 0 bridgehead atoms. The Balaban J connectivity index is 2.07. The largest absolute Gasteiger partial charge is 0.369 e. The highest BCUT2D eigenvalue weighted by Gasteiger charge is 2.11. The molecule has 18 heavy (non-hydrogen) atoms. The van der Waals surface area contributed by atoms with E-state index in [9.17, 15) is 0 Å². The van der Waals surface area contributed by atoms with E-state index in [0.717, 1.165) is 23.4 Å². The minimum absolute atomic E-state index is 0.462. The summed E-state index contributed by atoms with van der Waals surface area (Å²) in [6, 6.07) is 1.89. The van der Waals surface area contributed by atoms with Gasteiger partial charge in [-0.3, -0.25) is 4.98 Å². The number of aromatic nitrogens is 6. The number of anilines is 1. The summed E-state index contributed by atoms with van der Waals surface area (Å²) >= 11 is 0. The van der Waals surface area contributed by atoms with Gasteiger partial charge in [-0.1, -0.05) is 0 Å². The molecule has 0 saturated heterocycles. The van der Waals surface area contributed by atoms with Crippen LogP contribution < -0.4 is 5.73 Å². The second-order valence-corrected chi connectivity index (χ2v) is 3.95. The van der Waals surface area contributed by atoms with E-state index >= 15 is 0 Å². The number of imidazole rings is 1. The number of hydrogen-bond donors (Lipinski definition) is 1. The first-order valence-electron chi connectivity index (χ1n) is 5.72. The third kappa shape index (κ3) is 1.60. The molecule has 7 nitrogen and oxygen atoms in total. The molecule has 3 aromatic heterocycles. The van der Waals surface area contributed by atoms with Gasteiger partial charge in [0, 0.05) is 12.7 Å². The van der Waals surface area contributed by atoms with Crippen molar-refractivity contribution in [1.82, 2.24) is 29.3 Å². The summed E-state index contributed by atoms with van der Waals surface area (Å²) in [6.45, 7) is 3.43. The lowest BCUT2D eigenvalue weighted by atomic mass is 10.4. The van der Waals surface area contributed by atoms with E-state index < -0.39 is 0 Å². The molecular weight excluding hydrogens is 230 g/mol. The van der Waals surface area contributed by atoms with Crippen molar-refractivity contribution in [2.45, 2.75) is 20.0 Å². The molecule has 0 amide bonds. The van der Waals surface area contributed by atoms with Crippen LogP contribution in [0, 0.1) is 0 Å². The Kier molecular flexibility index (Phi) is 2.44. The molecule has 92 valence electrons. The van der Waals surface area contributed by atoms with Gasteiger partial charge in [-0.05, 0) is 13.0 Å². The molecule has 3 aromatic rings. The molecule has 0 atom stereocenters. The van der Waals surface area contributed by atoms with Crippen molar-refractivity contribution in [2.75, 3.05) is 5.73 Å². The number of fused-ring (bicyclic) bond motifs is 1. The average molecular weight is 243 g/mol. The van der Waals surface area contributed by atoms with Crippen LogP contribution in [-0.2, 0) is 13.1 Å². The van der Waals surface area contributed by atoms with Crippen LogP contribution >= 0.6 is 0 Å². The van der Waals surface area contributed by atoms with Gasteiger partial charge in [0.2, 0.25) is 5.95 Å². The van der Waals surface area contributed by atoms with Gasteiger partial charge in [-0.2, -0.15) is 0 Å². The van der Waals surface area contributed by atoms with E-state index in [-0.39, 0.29) is 0 Å². The number of nitrogen functional groups attached to an aromatic ring is 1. The summed E-state index contributed by atoms with van der Waals surface area (Å²) in [4.78, 5) is 8.30. The number of aryl methyl sites for hydroxylation is 1. The fourth-order valence-electron chi connectivity index (χ4n) is 1.97. The van der Waals surface area contributed by atoms with E-state index in [4.69, 9.17) is 5.73 Å². The van der Waals surface area contributed by atoms with Crippen LogP contribution in [-0.4, -0.2) is 29.3 Å². The van der Waals surface area contributed by atoms with E-state index in [2.05, 4.69) is 20.2 Å². The van der Waals surface area contributed by atoms with Crippen molar-refractivity contribution in [3.05, 3.63) is 30.6 Å². The van der Waals surface area contributed by atoms with E-state index in [0.29, 0.717) is 12.5 Å². The van der Waals surface area contributed by atoms with Crippen molar-refractivity contribution in [3.8, 4) is 0 Å². The Bertz CT molecular complexity index is 682. The summed E-state index contributed by atoms with van der Waals surface area (Å²) in [7, 11) is 0. The maximum absolute atomic E-state index is 5.93. The zero-order chi connectivity index (χ0) is 12.5. The van der Waals surface area contributed by atoms with Crippen molar-refractivity contribution in [1.29, 1.82) is 0 Å². The SMILES string of the molecule is CCn1cnnc1Cn1c(N)nc2cnccc21. The normalized spacial score (nSPS) is 11.2. The molecule has 0 aromatic carbocycles. The maximum Gasteiger partial charge on any atom is 0.201 e. The van der Waals surface area contributed by atoms with Crippen molar-refractivity contribution in [3.63, 3.8) is 0 Å². The molecule has 7 heteroatoms. The van der Waals surface area contributed by atoms with Crippen LogP contribution in [0.2, 0.25) is 0 Å². The predicted octanol–water partition coefficient (Wildman–Crippen LogP) is 0.673. The summed E-state index contributed by atoms with van der Waals surface area (Å²) in [5, 5.41) is 8.01. The minimum Gasteiger partial charge on any atom is -0.369 e. The second kappa shape index (κ2) is 4.10. The highest BCUT2D eigenvalue weighted by Crippen LogP contribution is 2.17. The third-order valence-corrected chi connectivity index (χ3v) is 2.92. The van der Waals surface area contributed by atoms with Gasteiger partial charge in [-0.15, -0.1) is 10.2 Å². The lowest BCUT2D eigenvalue weighted by Crippen LogP contribution is -2.10. The molecule has 0 unspecified atom stereocenters. The molecule has 2 N–H and O–H groups in total. The number of nitrogens with two attached hydrogens (primary N) is 1. The third-order valence-electron chi connectivity index (χ3n) is 2.92. The highest BCUT2D eigenvalue weighted by molar-refractivity contribution is 5.77. The van der Waals surface area contributed by atoms with Crippen molar-refractivity contribution >= 4 is 17.0 Å². The Hall–Kier alpha value is -2.44. The number of nitrogens with zero attached hydrogens (tertiary/aromatic N) is 6. The number of hydrogen-bond acceptors (Lipinski definition) is 5. The number of rotatable bonds is 3. The lowest BCUT2D eigenvalue weighted by Gasteiger charge is -2.06. The zero-order valence-corrected chi connectivity index (χ0v) is 9.98. The van der Waals surface area contributed by atoms with Crippen LogP contribution in [0.4, 0.5) is 5.95 Å². The molecular formula is C11H13N7. The van der Waals surface area contributed by atoms with Crippen LogP contribution in [0.25, 0.3) is 11.0 Å². The van der Waals surface area contributed by atoms with Crippen LogP contribution in [0.3, 0.4) is 0 Å². The summed E-state index contributed by atoms with van der Waals surface area (Å²) < 4.78 is 3.89. The zero-order valence-electron chi connectivity index (χ0n) is 9.98. The van der Waals surface area contributed by atoms with Crippen LogP contribution in [0.1, 0.15) is 12.7 Å². The highest BCUT2D eigenvalue weighted by atomic mass is 15.3. The molecule has 3 rings (SSSR count). The van der Waals surface area contributed by atoms with Gasteiger partial charge in [0.1, 0.15) is 11.8 Å². The molecule has 0 radical (unpaired) electrons. The molecule has 0 spiro atoms. The van der Waals surface area contributed by atoms with Gasteiger partial charge >= 0.3 is 0 Å². The summed E-state index contributed by atoms with van der Waals surface area (Å²) in [5.74, 6) is 1.32.